The third kappa shape index (κ3) is 5.72. The Hall–Kier alpha value is 0.480. The molecule has 0 saturated carbocycles. The number of unbranched alkanes of at least 4 members (excludes halogenated alkanes) is 3. The first-order valence-electron chi connectivity index (χ1n) is 4.33. The van der Waals surface area contributed by atoms with Crippen molar-refractivity contribution in [2.75, 3.05) is 0 Å². The number of hydrogen-bond acceptors (Lipinski definition) is 2. The summed E-state index contributed by atoms with van der Waals surface area (Å²) in [4.78, 5) is 11.0. The minimum Gasteiger partial charge on any atom is -0.449 e. The van der Waals surface area contributed by atoms with Crippen LogP contribution in [0.3, 0.4) is 0 Å². The van der Waals surface area contributed by atoms with Gasteiger partial charge in [0.15, 0.2) is 0 Å². The van der Waals surface area contributed by atoms with E-state index >= 15 is 0 Å². The normalized spacial score (nSPS) is 11.4. The maximum atomic E-state index is 11.0. The molecule has 0 heterocycles. The van der Waals surface area contributed by atoms with Crippen LogP contribution >= 0.6 is 32.7 Å². The smallest absolute Gasteiger partial charge is 0.344 e. The molecule has 0 aliphatic heterocycles. The van der Waals surface area contributed by atoms with Crippen molar-refractivity contribution >= 4 is 38.6 Å². The Balaban J connectivity index is 3.69. The van der Waals surface area contributed by atoms with Crippen LogP contribution in [0, 0.1) is 0 Å². The zero-order chi connectivity index (χ0) is 10.3. The molecule has 0 fully saturated rings. The molecular weight excluding hydrogens is 230 g/mol. The van der Waals surface area contributed by atoms with Gasteiger partial charge in [-0.1, -0.05) is 49.4 Å². The first-order chi connectivity index (χ1) is 6.04. The maximum absolute atomic E-state index is 11.0. The second kappa shape index (κ2) is 6.86. The van der Waals surface area contributed by atoms with Gasteiger partial charge in [-0.2, -0.15) is 0 Å². The highest BCUT2D eigenvalue weighted by atomic mass is 35.5. The first kappa shape index (κ1) is 13.5. The lowest BCUT2D eigenvalue weighted by atomic mass is 10.1. The van der Waals surface area contributed by atoms with Crippen LogP contribution in [0.5, 0.6) is 0 Å². The summed E-state index contributed by atoms with van der Waals surface area (Å²) in [6.45, 7) is 2.12. The SMILES string of the molecule is CCCCCCC(Cl)(Cl)C(=O)OP. The van der Waals surface area contributed by atoms with E-state index in [0.717, 1.165) is 25.7 Å². The fraction of sp³-hybridized carbons (Fsp3) is 0.875. The Labute approximate surface area is 91.6 Å². The minimum absolute atomic E-state index is 0.448. The van der Waals surface area contributed by atoms with E-state index in [1.165, 1.54) is 0 Å². The van der Waals surface area contributed by atoms with E-state index in [2.05, 4.69) is 11.4 Å². The van der Waals surface area contributed by atoms with Gasteiger partial charge in [0.2, 0.25) is 4.33 Å². The summed E-state index contributed by atoms with van der Waals surface area (Å²) >= 11 is 11.5. The zero-order valence-electron chi connectivity index (χ0n) is 7.69. The molecule has 2 nitrogen and oxygen atoms in total. The molecule has 0 bridgehead atoms. The fourth-order valence-corrected chi connectivity index (χ4v) is 1.67. The molecule has 5 heteroatoms. The predicted octanol–water partition coefficient (Wildman–Crippen LogP) is 3.46. The first-order valence-corrected chi connectivity index (χ1v) is 5.56. The number of rotatable bonds is 6. The largest absolute Gasteiger partial charge is 0.449 e. The molecule has 0 aliphatic carbocycles. The number of carbonyl (C=O) groups is 1. The van der Waals surface area contributed by atoms with E-state index < -0.39 is 10.3 Å². The van der Waals surface area contributed by atoms with Crippen molar-refractivity contribution in [1.29, 1.82) is 0 Å². The highest BCUT2D eigenvalue weighted by molar-refractivity contribution is 7.11. The van der Waals surface area contributed by atoms with E-state index in [-0.39, 0.29) is 0 Å². The summed E-state index contributed by atoms with van der Waals surface area (Å²) in [5.41, 5.74) is 0. The summed E-state index contributed by atoms with van der Waals surface area (Å²) < 4.78 is 3.01. The molecule has 0 aromatic carbocycles. The topological polar surface area (TPSA) is 26.3 Å². The molecule has 0 saturated heterocycles. The number of halogens is 2. The van der Waals surface area contributed by atoms with Crippen LogP contribution in [0.2, 0.25) is 0 Å². The molecule has 0 N–H and O–H groups in total. The van der Waals surface area contributed by atoms with Crippen LogP contribution in [-0.2, 0) is 9.32 Å². The van der Waals surface area contributed by atoms with E-state index in [9.17, 15) is 4.79 Å². The number of carbonyl (C=O) groups excluding carboxylic acids is 1. The zero-order valence-corrected chi connectivity index (χ0v) is 10.4. The second-order valence-corrected chi connectivity index (χ2v) is 4.64. The van der Waals surface area contributed by atoms with Gasteiger partial charge in [-0.25, -0.2) is 4.79 Å². The molecule has 0 amide bonds. The number of hydrogen-bond donors (Lipinski definition) is 0. The van der Waals surface area contributed by atoms with Crippen molar-refractivity contribution in [1.82, 2.24) is 0 Å². The highest BCUT2D eigenvalue weighted by Crippen LogP contribution is 2.30. The van der Waals surface area contributed by atoms with Crippen LogP contribution in [0.4, 0.5) is 0 Å². The molecule has 0 aliphatic rings. The molecule has 0 aromatic heterocycles. The van der Waals surface area contributed by atoms with Crippen LogP contribution in [0.1, 0.15) is 39.0 Å². The molecule has 1 atom stereocenters. The van der Waals surface area contributed by atoms with Crippen LogP contribution in [-0.4, -0.2) is 10.3 Å². The van der Waals surface area contributed by atoms with Crippen molar-refractivity contribution in [3.05, 3.63) is 0 Å². The molecule has 0 rings (SSSR count). The van der Waals surface area contributed by atoms with Gasteiger partial charge >= 0.3 is 5.97 Å². The quantitative estimate of drug-likeness (QED) is 0.407. The van der Waals surface area contributed by atoms with Crippen molar-refractivity contribution in [3.63, 3.8) is 0 Å². The second-order valence-electron chi connectivity index (χ2n) is 2.92. The van der Waals surface area contributed by atoms with Crippen LogP contribution in [0.15, 0.2) is 0 Å². The molecule has 0 spiro atoms. The Kier molecular flexibility index (Phi) is 7.12. The van der Waals surface area contributed by atoms with Crippen LogP contribution < -0.4 is 0 Å². The summed E-state index contributed by atoms with van der Waals surface area (Å²) in [5, 5.41) is 0. The molecule has 0 aromatic rings. The van der Waals surface area contributed by atoms with Crippen molar-refractivity contribution in [2.45, 2.75) is 43.4 Å². The Morgan fingerprint density at radius 3 is 2.46 bits per heavy atom. The lowest BCUT2D eigenvalue weighted by molar-refractivity contribution is -0.134. The van der Waals surface area contributed by atoms with Gasteiger partial charge in [-0.3, -0.25) is 0 Å². The van der Waals surface area contributed by atoms with Gasteiger partial charge in [0.05, 0.1) is 9.47 Å². The monoisotopic (exact) mass is 244 g/mol. The standard InChI is InChI=1S/C8H15Cl2O2P/c1-2-3-4-5-6-8(9,10)7(11)12-13/h2-6,13H2,1H3. The maximum Gasteiger partial charge on any atom is 0.344 e. The molecular formula is C8H15Cl2O2P. The lowest BCUT2D eigenvalue weighted by Gasteiger charge is -2.15. The fourth-order valence-electron chi connectivity index (χ4n) is 0.962. The van der Waals surface area contributed by atoms with Gasteiger partial charge in [0.1, 0.15) is 0 Å². The third-order valence-corrected chi connectivity index (χ3v) is 2.65. The summed E-state index contributed by atoms with van der Waals surface area (Å²) in [7, 11) is 1.85. The average molecular weight is 245 g/mol. The van der Waals surface area contributed by atoms with Crippen molar-refractivity contribution in [2.24, 2.45) is 0 Å². The molecule has 1 unspecified atom stereocenters. The predicted molar refractivity (Wildman–Crippen MR) is 59.0 cm³/mol. The summed E-state index contributed by atoms with van der Waals surface area (Å²) in [6, 6.07) is 0. The Morgan fingerprint density at radius 2 is 2.00 bits per heavy atom. The summed E-state index contributed by atoms with van der Waals surface area (Å²) in [5.74, 6) is -0.600. The van der Waals surface area contributed by atoms with Gasteiger partial charge in [0.25, 0.3) is 0 Å². The molecule has 13 heavy (non-hydrogen) atoms. The average Bonchev–Trinajstić information content (AvgIpc) is 2.11. The Morgan fingerprint density at radius 1 is 1.38 bits per heavy atom. The van der Waals surface area contributed by atoms with Crippen molar-refractivity contribution in [3.8, 4) is 0 Å². The van der Waals surface area contributed by atoms with Crippen molar-refractivity contribution < 1.29 is 9.32 Å². The van der Waals surface area contributed by atoms with Gasteiger partial charge in [0, 0.05) is 0 Å². The van der Waals surface area contributed by atoms with Gasteiger partial charge in [-0.15, -0.1) is 0 Å². The highest BCUT2D eigenvalue weighted by Gasteiger charge is 2.33. The van der Waals surface area contributed by atoms with E-state index in [4.69, 9.17) is 23.2 Å². The lowest BCUT2D eigenvalue weighted by Crippen LogP contribution is -2.25. The minimum atomic E-state index is -1.38. The van der Waals surface area contributed by atoms with Crippen LogP contribution in [0.25, 0.3) is 0 Å². The third-order valence-electron chi connectivity index (χ3n) is 1.75. The summed E-state index contributed by atoms with van der Waals surface area (Å²) in [6.07, 6.45) is 4.62. The molecule has 0 radical (unpaired) electrons. The van der Waals surface area contributed by atoms with E-state index in [0.29, 0.717) is 6.42 Å². The van der Waals surface area contributed by atoms with Gasteiger partial charge < -0.3 is 4.52 Å². The molecule has 78 valence electrons. The Bertz CT molecular complexity index is 162. The van der Waals surface area contributed by atoms with E-state index in [1.807, 2.05) is 9.47 Å². The number of alkyl halides is 2. The van der Waals surface area contributed by atoms with E-state index in [1.54, 1.807) is 0 Å². The van der Waals surface area contributed by atoms with Gasteiger partial charge in [-0.05, 0) is 12.8 Å².